The first-order valence-electron chi connectivity index (χ1n) is 11.1. The molecule has 0 saturated carbocycles. The molecule has 2 heterocycles. The van der Waals surface area contributed by atoms with E-state index >= 15 is 0 Å². The van der Waals surface area contributed by atoms with Crippen LogP contribution in [0, 0.1) is 0 Å². The van der Waals surface area contributed by atoms with Crippen molar-refractivity contribution in [2.45, 2.75) is 6.18 Å². The number of pyridine rings is 1. The highest BCUT2D eigenvalue weighted by atomic mass is 19.4. The number of esters is 1. The number of nitrogens with zero attached hydrogens (tertiary/aromatic N) is 2. The van der Waals surface area contributed by atoms with Crippen LogP contribution in [0.4, 0.5) is 36.1 Å². The standard InChI is InChI=1S/C25H23F3N4O4/c26-25(27,28)17-3-1-4-19(15-17)31-23-21(5-2-10-29-23)24(34)36-16-22(33)30-18-6-8-20(9-7-18)32-11-13-35-14-12-32/h1-10,15H,11-14,16H2,(H,29,31)(H,30,33). The fraction of sp³-hybridized carbons (Fsp3) is 0.240. The molecule has 11 heteroatoms. The van der Waals surface area contributed by atoms with Gasteiger partial charge in [-0.2, -0.15) is 13.2 Å². The number of rotatable bonds is 7. The number of amides is 1. The number of hydrogen-bond acceptors (Lipinski definition) is 7. The number of carbonyl (C=O) groups is 2. The van der Waals surface area contributed by atoms with Crippen molar-refractivity contribution >= 4 is 34.8 Å². The van der Waals surface area contributed by atoms with Crippen LogP contribution in [0.3, 0.4) is 0 Å². The van der Waals surface area contributed by atoms with Crippen molar-refractivity contribution in [2.24, 2.45) is 0 Å². The fourth-order valence-corrected chi connectivity index (χ4v) is 3.56. The normalized spacial score (nSPS) is 13.7. The fourth-order valence-electron chi connectivity index (χ4n) is 3.56. The number of aromatic nitrogens is 1. The third kappa shape index (κ3) is 6.51. The van der Waals surface area contributed by atoms with Crippen LogP contribution in [0.2, 0.25) is 0 Å². The van der Waals surface area contributed by atoms with E-state index in [4.69, 9.17) is 9.47 Å². The van der Waals surface area contributed by atoms with Crippen LogP contribution in [0.25, 0.3) is 0 Å². The van der Waals surface area contributed by atoms with Gasteiger partial charge in [0, 0.05) is 36.3 Å². The second-order valence-corrected chi connectivity index (χ2v) is 7.87. The third-order valence-corrected chi connectivity index (χ3v) is 5.34. The van der Waals surface area contributed by atoms with E-state index in [0.29, 0.717) is 18.9 Å². The molecule has 1 saturated heterocycles. The lowest BCUT2D eigenvalue weighted by Crippen LogP contribution is -2.36. The van der Waals surface area contributed by atoms with Gasteiger partial charge in [0.1, 0.15) is 11.4 Å². The molecule has 1 aliphatic heterocycles. The molecule has 1 aromatic heterocycles. The molecule has 0 atom stereocenters. The van der Waals surface area contributed by atoms with Crippen LogP contribution in [0.1, 0.15) is 15.9 Å². The highest BCUT2D eigenvalue weighted by Gasteiger charge is 2.30. The van der Waals surface area contributed by atoms with Gasteiger partial charge in [0.2, 0.25) is 0 Å². The summed E-state index contributed by atoms with van der Waals surface area (Å²) >= 11 is 0. The third-order valence-electron chi connectivity index (χ3n) is 5.34. The Kier molecular flexibility index (Phi) is 7.69. The maximum Gasteiger partial charge on any atom is 0.416 e. The molecule has 2 N–H and O–H groups in total. The number of morpholine rings is 1. The average molecular weight is 500 g/mol. The van der Waals surface area contributed by atoms with Gasteiger partial charge >= 0.3 is 12.1 Å². The number of carbonyl (C=O) groups excluding carboxylic acids is 2. The van der Waals surface area contributed by atoms with Gasteiger partial charge in [-0.15, -0.1) is 0 Å². The Morgan fingerprint density at radius 2 is 1.75 bits per heavy atom. The molecule has 0 aliphatic carbocycles. The summed E-state index contributed by atoms with van der Waals surface area (Å²) in [4.78, 5) is 31.1. The first-order chi connectivity index (χ1) is 17.3. The average Bonchev–Trinajstić information content (AvgIpc) is 2.88. The molecule has 2 aromatic carbocycles. The van der Waals surface area contributed by atoms with Crippen molar-refractivity contribution in [1.29, 1.82) is 0 Å². The second kappa shape index (κ2) is 11.1. The van der Waals surface area contributed by atoms with Crippen molar-refractivity contribution in [1.82, 2.24) is 4.98 Å². The second-order valence-electron chi connectivity index (χ2n) is 7.87. The zero-order valence-corrected chi connectivity index (χ0v) is 19.0. The van der Waals surface area contributed by atoms with Gasteiger partial charge in [-0.3, -0.25) is 4.79 Å². The van der Waals surface area contributed by atoms with Gasteiger partial charge in [0.25, 0.3) is 5.91 Å². The van der Waals surface area contributed by atoms with E-state index in [0.717, 1.165) is 30.9 Å². The zero-order valence-electron chi connectivity index (χ0n) is 19.0. The molecule has 1 amide bonds. The molecule has 0 spiro atoms. The van der Waals surface area contributed by atoms with Gasteiger partial charge < -0.3 is 25.0 Å². The monoisotopic (exact) mass is 500 g/mol. The first kappa shape index (κ1) is 25.0. The van der Waals surface area contributed by atoms with Crippen LogP contribution in [-0.2, 0) is 20.4 Å². The highest BCUT2D eigenvalue weighted by molar-refractivity contribution is 5.98. The summed E-state index contributed by atoms with van der Waals surface area (Å²) in [6.45, 7) is 2.36. The molecule has 1 aliphatic rings. The molecular weight excluding hydrogens is 477 g/mol. The molecule has 0 unspecified atom stereocenters. The Hall–Kier alpha value is -4.12. The van der Waals surface area contributed by atoms with Crippen molar-refractivity contribution < 1.29 is 32.2 Å². The minimum atomic E-state index is -4.51. The number of anilines is 4. The lowest BCUT2D eigenvalue weighted by Gasteiger charge is -2.28. The van der Waals surface area contributed by atoms with Crippen LogP contribution in [0.15, 0.2) is 66.9 Å². The molecule has 188 valence electrons. The van der Waals surface area contributed by atoms with Crippen molar-refractivity contribution in [3.8, 4) is 0 Å². The molecule has 0 radical (unpaired) electrons. The summed E-state index contributed by atoms with van der Waals surface area (Å²) in [5, 5.41) is 5.36. The Bertz CT molecular complexity index is 1210. The quantitative estimate of drug-likeness (QED) is 0.462. The van der Waals surface area contributed by atoms with Crippen molar-refractivity contribution in [3.63, 3.8) is 0 Å². The van der Waals surface area contributed by atoms with Crippen LogP contribution >= 0.6 is 0 Å². The molecule has 1 fully saturated rings. The van der Waals surface area contributed by atoms with E-state index in [2.05, 4.69) is 20.5 Å². The summed E-state index contributed by atoms with van der Waals surface area (Å²) in [5.41, 5.74) is 0.775. The molecular formula is C25H23F3N4O4. The zero-order chi connectivity index (χ0) is 25.5. The number of nitrogens with one attached hydrogen (secondary N) is 2. The molecule has 4 rings (SSSR count). The Morgan fingerprint density at radius 3 is 2.47 bits per heavy atom. The number of hydrogen-bond donors (Lipinski definition) is 2. The predicted molar refractivity (Wildman–Crippen MR) is 127 cm³/mol. The molecule has 3 aromatic rings. The molecule has 0 bridgehead atoms. The molecule has 36 heavy (non-hydrogen) atoms. The maximum atomic E-state index is 13.0. The molecule has 8 nitrogen and oxygen atoms in total. The minimum absolute atomic E-state index is 0.000865. The summed E-state index contributed by atoms with van der Waals surface area (Å²) in [6, 6.07) is 14.6. The van der Waals surface area contributed by atoms with Crippen LogP contribution in [-0.4, -0.2) is 49.8 Å². The van der Waals surface area contributed by atoms with Gasteiger partial charge in [0.15, 0.2) is 6.61 Å². The van der Waals surface area contributed by atoms with E-state index < -0.39 is 30.2 Å². The van der Waals surface area contributed by atoms with Crippen LogP contribution in [0.5, 0.6) is 0 Å². The Morgan fingerprint density at radius 1 is 1.00 bits per heavy atom. The topological polar surface area (TPSA) is 92.8 Å². The minimum Gasteiger partial charge on any atom is -0.452 e. The Labute approximate surface area is 205 Å². The lowest BCUT2D eigenvalue weighted by atomic mass is 10.2. The number of halogens is 3. The largest absolute Gasteiger partial charge is 0.452 e. The van der Waals surface area contributed by atoms with E-state index in [9.17, 15) is 22.8 Å². The SMILES string of the molecule is O=C(COC(=O)c1cccnc1Nc1cccc(C(F)(F)F)c1)Nc1ccc(N2CCOCC2)cc1. The van der Waals surface area contributed by atoms with Crippen LogP contribution < -0.4 is 15.5 Å². The maximum absolute atomic E-state index is 13.0. The summed E-state index contributed by atoms with van der Waals surface area (Å²) in [7, 11) is 0. The van der Waals surface area contributed by atoms with Gasteiger partial charge in [0.05, 0.1) is 18.8 Å². The number of benzene rings is 2. The summed E-state index contributed by atoms with van der Waals surface area (Å²) in [5.74, 6) is -1.39. The summed E-state index contributed by atoms with van der Waals surface area (Å²) < 4.78 is 49.4. The van der Waals surface area contributed by atoms with Crippen molar-refractivity contribution in [3.05, 3.63) is 78.0 Å². The smallest absolute Gasteiger partial charge is 0.416 e. The lowest BCUT2D eigenvalue weighted by molar-refractivity contribution is -0.137. The first-order valence-corrected chi connectivity index (χ1v) is 11.1. The van der Waals surface area contributed by atoms with E-state index in [1.54, 1.807) is 12.1 Å². The van der Waals surface area contributed by atoms with Gasteiger partial charge in [-0.25, -0.2) is 9.78 Å². The summed E-state index contributed by atoms with van der Waals surface area (Å²) in [6.07, 6.45) is -3.14. The van der Waals surface area contributed by atoms with E-state index in [1.807, 2.05) is 12.1 Å². The van der Waals surface area contributed by atoms with Gasteiger partial charge in [-0.05, 0) is 54.6 Å². The predicted octanol–water partition coefficient (Wildman–Crippen LogP) is 4.48. The number of alkyl halides is 3. The Balaban J connectivity index is 1.34. The van der Waals surface area contributed by atoms with E-state index in [-0.39, 0.29) is 17.1 Å². The number of ether oxygens (including phenoxy) is 2. The van der Waals surface area contributed by atoms with Crippen molar-refractivity contribution in [2.75, 3.05) is 48.4 Å². The highest BCUT2D eigenvalue weighted by Crippen LogP contribution is 2.31. The van der Waals surface area contributed by atoms with E-state index in [1.165, 1.54) is 30.5 Å². The van der Waals surface area contributed by atoms with Gasteiger partial charge in [-0.1, -0.05) is 6.07 Å².